The van der Waals surface area contributed by atoms with Gasteiger partial charge in [0, 0.05) is 26.2 Å². The van der Waals surface area contributed by atoms with Crippen molar-refractivity contribution in [2.75, 3.05) is 40.4 Å². The molecule has 0 aliphatic carbocycles. The van der Waals surface area contributed by atoms with E-state index < -0.39 is 21.2 Å². The number of nitro groups is 2. The second kappa shape index (κ2) is 8.69. The van der Waals surface area contributed by atoms with E-state index in [1.165, 1.54) is 14.2 Å². The Bertz CT molecular complexity index is 485. The molecule has 1 aromatic rings. The summed E-state index contributed by atoms with van der Waals surface area (Å²) in [6, 6.07) is 0.741. The summed E-state index contributed by atoms with van der Waals surface area (Å²) in [7, 11) is 2.33. The van der Waals surface area contributed by atoms with Crippen molar-refractivity contribution in [1.82, 2.24) is 15.6 Å². The first-order chi connectivity index (χ1) is 10.5. The molecule has 0 radical (unpaired) electrons. The van der Waals surface area contributed by atoms with Crippen molar-refractivity contribution in [2.24, 2.45) is 0 Å². The van der Waals surface area contributed by atoms with Crippen LogP contribution in [0.1, 0.15) is 0 Å². The Balaban J connectivity index is 0.000000335. The molecule has 122 valence electrons. The number of hydrogen-bond donors (Lipinski definition) is 2. The van der Waals surface area contributed by atoms with E-state index in [9.17, 15) is 20.2 Å². The molecule has 2 rings (SSSR count). The molecule has 1 aromatic heterocycles. The van der Waals surface area contributed by atoms with Crippen LogP contribution < -0.4 is 20.1 Å². The van der Waals surface area contributed by atoms with E-state index >= 15 is 0 Å². The summed E-state index contributed by atoms with van der Waals surface area (Å²) in [5, 5.41) is 27.6. The van der Waals surface area contributed by atoms with Crippen molar-refractivity contribution in [3.63, 3.8) is 0 Å². The smallest absolute Gasteiger partial charge is 0.338 e. The van der Waals surface area contributed by atoms with E-state index in [1.54, 1.807) is 0 Å². The van der Waals surface area contributed by atoms with Gasteiger partial charge in [0.05, 0.1) is 24.1 Å². The van der Waals surface area contributed by atoms with Gasteiger partial charge in [-0.05, 0) is 0 Å². The van der Waals surface area contributed by atoms with Gasteiger partial charge in [-0.2, -0.15) is 4.98 Å². The van der Waals surface area contributed by atoms with Crippen LogP contribution in [0.2, 0.25) is 0 Å². The Hall–Kier alpha value is -2.53. The third kappa shape index (κ3) is 4.79. The highest BCUT2D eigenvalue weighted by molar-refractivity contribution is 5.54. The van der Waals surface area contributed by atoms with Crippen LogP contribution in [0.4, 0.5) is 11.4 Å². The van der Waals surface area contributed by atoms with E-state index in [0.29, 0.717) is 0 Å². The SMILES string of the molecule is C1CNCCN1.COc1nc(OC)c([N+](=O)[O-])cc1[N+](=O)[O-]. The van der Waals surface area contributed by atoms with Crippen molar-refractivity contribution in [3.05, 3.63) is 26.3 Å². The average Bonchev–Trinajstić information content (AvgIpc) is 2.55. The molecule has 2 N–H and O–H groups in total. The molecular weight excluding hydrogens is 298 g/mol. The molecule has 2 heterocycles. The number of pyridine rings is 1. The lowest BCUT2D eigenvalue weighted by Crippen LogP contribution is -2.39. The summed E-state index contributed by atoms with van der Waals surface area (Å²) in [6.45, 7) is 4.56. The highest BCUT2D eigenvalue weighted by Gasteiger charge is 2.27. The highest BCUT2D eigenvalue weighted by Crippen LogP contribution is 2.34. The van der Waals surface area contributed by atoms with Gasteiger partial charge in [0.15, 0.2) is 0 Å². The summed E-state index contributed by atoms with van der Waals surface area (Å²) in [6.07, 6.45) is 0. The number of aromatic nitrogens is 1. The van der Waals surface area contributed by atoms with E-state index in [4.69, 9.17) is 0 Å². The van der Waals surface area contributed by atoms with Crippen LogP contribution in [0.15, 0.2) is 6.07 Å². The van der Waals surface area contributed by atoms with Gasteiger partial charge in [0.25, 0.3) is 11.8 Å². The normalized spacial score (nSPS) is 13.5. The van der Waals surface area contributed by atoms with Crippen molar-refractivity contribution in [2.45, 2.75) is 0 Å². The molecule has 0 bridgehead atoms. The Morgan fingerprint density at radius 1 is 0.955 bits per heavy atom. The lowest BCUT2D eigenvalue weighted by Gasteiger charge is -2.11. The zero-order chi connectivity index (χ0) is 16.5. The summed E-state index contributed by atoms with van der Waals surface area (Å²) in [5.41, 5.74) is -1.18. The predicted octanol–water partition coefficient (Wildman–Crippen LogP) is 0.0944. The molecule has 11 nitrogen and oxygen atoms in total. The maximum absolute atomic E-state index is 10.6. The monoisotopic (exact) mass is 315 g/mol. The van der Waals surface area contributed by atoms with Crippen LogP contribution in [-0.2, 0) is 0 Å². The Morgan fingerprint density at radius 3 is 1.55 bits per heavy atom. The van der Waals surface area contributed by atoms with Gasteiger partial charge in [-0.15, -0.1) is 0 Å². The molecule has 1 aliphatic heterocycles. The molecule has 1 saturated heterocycles. The van der Waals surface area contributed by atoms with Gasteiger partial charge in [0.1, 0.15) is 6.07 Å². The molecule has 11 heteroatoms. The summed E-state index contributed by atoms with van der Waals surface area (Å²) in [5.74, 6) is -0.681. The second-order valence-electron chi connectivity index (χ2n) is 4.06. The Labute approximate surface area is 125 Å². The van der Waals surface area contributed by atoms with Crippen LogP contribution in [0, 0.1) is 20.2 Å². The molecule has 1 fully saturated rings. The fraction of sp³-hybridized carbons (Fsp3) is 0.545. The number of hydrogen-bond acceptors (Lipinski definition) is 9. The quantitative estimate of drug-likeness (QED) is 0.584. The summed E-state index contributed by atoms with van der Waals surface area (Å²) >= 11 is 0. The zero-order valence-electron chi connectivity index (χ0n) is 12.2. The average molecular weight is 315 g/mol. The first-order valence-electron chi connectivity index (χ1n) is 6.34. The topological polar surface area (TPSA) is 142 Å². The minimum atomic E-state index is -0.821. The fourth-order valence-electron chi connectivity index (χ4n) is 1.63. The van der Waals surface area contributed by atoms with Gasteiger partial charge < -0.3 is 20.1 Å². The fourth-order valence-corrected chi connectivity index (χ4v) is 1.63. The Morgan fingerprint density at radius 2 is 1.32 bits per heavy atom. The molecule has 0 atom stereocenters. The van der Waals surface area contributed by atoms with Gasteiger partial charge in [0.2, 0.25) is 0 Å². The van der Waals surface area contributed by atoms with E-state index in [2.05, 4.69) is 25.1 Å². The predicted molar refractivity (Wildman–Crippen MR) is 76.4 cm³/mol. The maximum Gasteiger partial charge on any atom is 0.338 e. The molecule has 0 aromatic carbocycles. The van der Waals surface area contributed by atoms with Crippen LogP contribution in [-0.4, -0.2) is 55.2 Å². The number of rotatable bonds is 4. The minimum Gasteiger partial charge on any atom is -0.476 e. The Kier molecular flexibility index (Phi) is 6.92. The first-order valence-corrected chi connectivity index (χ1v) is 6.34. The summed E-state index contributed by atoms with van der Waals surface area (Å²) in [4.78, 5) is 23.0. The molecule has 22 heavy (non-hydrogen) atoms. The van der Waals surface area contributed by atoms with Crippen LogP contribution in [0.25, 0.3) is 0 Å². The van der Waals surface area contributed by atoms with Crippen LogP contribution >= 0.6 is 0 Å². The van der Waals surface area contributed by atoms with E-state index in [-0.39, 0.29) is 11.8 Å². The van der Waals surface area contributed by atoms with E-state index in [1.807, 2.05) is 0 Å². The van der Waals surface area contributed by atoms with Crippen LogP contribution in [0.5, 0.6) is 11.8 Å². The van der Waals surface area contributed by atoms with Gasteiger partial charge >= 0.3 is 11.4 Å². The van der Waals surface area contributed by atoms with Crippen molar-refractivity contribution >= 4 is 11.4 Å². The number of nitrogens with one attached hydrogen (secondary N) is 2. The number of nitrogens with zero attached hydrogens (tertiary/aromatic N) is 3. The minimum absolute atomic E-state index is 0.340. The van der Waals surface area contributed by atoms with Gasteiger partial charge in [-0.3, -0.25) is 20.2 Å². The highest BCUT2D eigenvalue weighted by atomic mass is 16.6. The lowest BCUT2D eigenvalue weighted by molar-refractivity contribution is -0.395. The van der Waals surface area contributed by atoms with Crippen molar-refractivity contribution in [3.8, 4) is 11.8 Å². The second-order valence-corrected chi connectivity index (χ2v) is 4.06. The molecule has 0 unspecified atom stereocenters. The lowest BCUT2D eigenvalue weighted by atomic mass is 10.3. The van der Waals surface area contributed by atoms with E-state index in [0.717, 1.165) is 32.2 Å². The molecule has 0 spiro atoms. The number of methoxy groups -OCH3 is 2. The van der Waals surface area contributed by atoms with Gasteiger partial charge in [-0.25, -0.2) is 0 Å². The third-order valence-corrected chi connectivity index (χ3v) is 2.65. The number of piperazine rings is 1. The maximum atomic E-state index is 10.6. The standard InChI is InChI=1S/C7H7N3O6.C4H10N2/c1-15-6-4(9(11)12)3-5(10(13)14)7(8-6)16-2;1-2-6-4-3-5-1/h3H,1-2H3;5-6H,1-4H2. The zero-order valence-corrected chi connectivity index (χ0v) is 12.2. The van der Waals surface area contributed by atoms with Crippen LogP contribution in [0.3, 0.4) is 0 Å². The van der Waals surface area contributed by atoms with Crippen molar-refractivity contribution in [1.29, 1.82) is 0 Å². The molecule has 1 aliphatic rings. The molecule has 0 saturated carbocycles. The number of ether oxygens (including phenoxy) is 2. The summed E-state index contributed by atoms with van der Waals surface area (Å²) < 4.78 is 9.26. The first kappa shape index (κ1) is 17.5. The largest absolute Gasteiger partial charge is 0.476 e. The third-order valence-electron chi connectivity index (χ3n) is 2.65. The molecule has 0 amide bonds. The van der Waals surface area contributed by atoms with Crippen molar-refractivity contribution < 1.29 is 19.3 Å². The van der Waals surface area contributed by atoms with Gasteiger partial charge in [-0.1, -0.05) is 0 Å². The molecular formula is C11H17N5O6.